The smallest absolute Gasteiger partial charge is 0.247 e. The second kappa shape index (κ2) is 6.84. The van der Waals surface area contributed by atoms with E-state index in [-0.39, 0.29) is 0 Å². The van der Waals surface area contributed by atoms with Gasteiger partial charge in [0.05, 0.1) is 17.8 Å². The average Bonchev–Trinajstić information content (AvgIpc) is 2.82. The number of nitrogens with one attached hydrogen (secondary N) is 1. The fourth-order valence-corrected chi connectivity index (χ4v) is 2.84. The largest absolute Gasteiger partial charge is 0.385 e. The molecule has 0 atom stereocenters. The predicted octanol–water partition coefficient (Wildman–Crippen LogP) is 5.63. The van der Waals surface area contributed by atoms with Crippen molar-refractivity contribution >= 4 is 32.7 Å². The highest BCUT2D eigenvalue weighted by atomic mass is 32.1. The predicted molar refractivity (Wildman–Crippen MR) is 89.6 cm³/mol. The zero-order valence-corrected chi connectivity index (χ0v) is 13.5. The molecule has 5 nitrogen and oxygen atoms in total. The molecule has 0 saturated carbocycles. The van der Waals surface area contributed by atoms with Crippen molar-refractivity contribution in [1.82, 2.24) is 0 Å². The Morgan fingerprint density at radius 1 is 1.36 bits per heavy atom. The van der Waals surface area contributed by atoms with Gasteiger partial charge in [-0.1, -0.05) is 0 Å². The molecule has 1 N–H and O–H groups in total. The van der Waals surface area contributed by atoms with Gasteiger partial charge in [-0.2, -0.15) is 5.26 Å². The van der Waals surface area contributed by atoms with E-state index in [1.165, 1.54) is 11.3 Å². The van der Waals surface area contributed by atoms with Crippen molar-refractivity contribution in [3.8, 4) is 6.07 Å². The summed E-state index contributed by atoms with van der Waals surface area (Å²) < 4.78 is 0. The number of hydrogen-bond acceptors (Lipinski definition) is 5. The van der Waals surface area contributed by atoms with E-state index in [4.69, 9.17) is 6.57 Å². The van der Waals surface area contributed by atoms with Crippen molar-refractivity contribution in [3.05, 3.63) is 46.3 Å². The molecule has 0 bridgehead atoms. The molecule has 1 aromatic heterocycles. The number of benzene rings is 1. The van der Waals surface area contributed by atoms with Gasteiger partial charge in [0.2, 0.25) is 5.00 Å². The van der Waals surface area contributed by atoms with Crippen LogP contribution >= 0.6 is 11.3 Å². The van der Waals surface area contributed by atoms with E-state index < -0.39 is 0 Å². The number of rotatable bonds is 4. The summed E-state index contributed by atoms with van der Waals surface area (Å²) in [5.74, 6) is 0. The summed E-state index contributed by atoms with van der Waals surface area (Å²) in [5.41, 5.74) is 3.90. The Hall–Kier alpha value is -2.70. The summed E-state index contributed by atoms with van der Waals surface area (Å²) in [6.07, 6.45) is 0. The molecule has 1 aromatic carbocycles. The SMILES string of the molecule is [C-]#[N+]c1sc(N=Nc2ccc(NCC)cc2C)c(C#N)c1C. The molecule has 2 aromatic rings. The van der Waals surface area contributed by atoms with Gasteiger partial charge in [-0.15, -0.1) is 21.6 Å². The molecule has 2 rings (SSSR count). The van der Waals surface area contributed by atoms with Gasteiger partial charge in [0.25, 0.3) is 0 Å². The zero-order chi connectivity index (χ0) is 16.1. The van der Waals surface area contributed by atoms with E-state index in [0.29, 0.717) is 21.1 Å². The number of aryl methyl sites for hydroxylation is 1. The molecule has 6 heteroatoms. The van der Waals surface area contributed by atoms with E-state index in [1.54, 1.807) is 6.92 Å². The topological polar surface area (TPSA) is 64.9 Å². The minimum Gasteiger partial charge on any atom is -0.385 e. The molecule has 0 aliphatic carbocycles. The molecular weight excluding hydrogens is 294 g/mol. The lowest BCUT2D eigenvalue weighted by molar-refractivity contribution is 1.19. The summed E-state index contributed by atoms with van der Waals surface area (Å²) in [4.78, 5) is 3.41. The van der Waals surface area contributed by atoms with Crippen molar-refractivity contribution in [2.24, 2.45) is 10.2 Å². The third kappa shape index (κ3) is 3.13. The van der Waals surface area contributed by atoms with Crippen LogP contribution in [-0.4, -0.2) is 6.54 Å². The van der Waals surface area contributed by atoms with Crippen LogP contribution in [0.25, 0.3) is 4.85 Å². The second-order valence-corrected chi connectivity index (χ2v) is 5.65. The van der Waals surface area contributed by atoms with E-state index >= 15 is 0 Å². The number of azo groups is 1. The van der Waals surface area contributed by atoms with E-state index in [9.17, 15) is 5.26 Å². The van der Waals surface area contributed by atoms with Gasteiger partial charge in [-0.3, -0.25) is 0 Å². The van der Waals surface area contributed by atoms with Crippen LogP contribution < -0.4 is 5.32 Å². The number of nitrogens with zero attached hydrogens (tertiary/aromatic N) is 4. The molecular formula is C16H15N5S. The lowest BCUT2D eigenvalue weighted by atomic mass is 10.2. The molecule has 0 saturated heterocycles. The van der Waals surface area contributed by atoms with Crippen molar-refractivity contribution in [3.63, 3.8) is 0 Å². The van der Waals surface area contributed by atoms with E-state index in [1.807, 2.05) is 32.0 Å². The maximum atomic E-state index is 9.20. The highest BCUT2D eigenvalue weighted by molar-refractivity contribution is 7.20. The molecule has 0 spiro atoms. The maximum Gasteiger partial charge on any atom is 0.247 e. The van der Waals surface area contributed by atoms with Gasteiger partial charge in [0.1, 0.15) is 11.1 Å². The molecule has 22 heavy (non-hydrogen) atoms. The van der Waals surface area contributed by atoms with Crippen LogP contribution in [-0.2, 0) is 0 Å². The summed E-state index contributed by atoms with van der Waals surface area (Å²) in [6.45, 7) is 13.7. The molecule has 0 fully saturated rings. The third-order valence-corrected chi connectivity index (χ3v) is 4.21. The van der Waals surface area contributed by atoms with Crippen LogP contribution in [0.1, 0.15) is 23.6 Å². The first-order chi connectivity index (χ1) is 10.6. The van der Waals surface area contributed by atoms with Crippen molar-refractivity contribution in [1.29, 1.82) is 5.26 Å². The van der Waals surface area contributed by atoms with Crippen molar-refractivity contribution in [2.45, 2.75) is 20.8 Å². The fourth-order valence-electron chi connectivity index (χ4n) is 1.98. The van der Waals surface area contributed by atoms with Gasteiger partial charge in [0.15, 0.2) is 0 Å². The summed E-state index contributed by atoms with van der Waals surface area (Å²) in [7, 11) is 0. The van der Waals surface area contributed by atoms with E-state index in [0.717, 1.165) is 23.5 Å². The Morgan fingerprint density at radius 3 is 2.73 bits per heavy atom. The molecule has 0 aliphatic heterocycles. The Balaban J connectivity index is 2.34. The first-order valence-electron chi connectivity index (χ1n) is 6.77. The van der Waals surface area contributed by atoms with Crippen LogP contribution in [0.4, 0.5) is 21.4 Å². The number of nitriles is 1. The van der Waals surface area contributed by atoms with Crippen LogP contribution in [0, 0.1) is 31.8 Å². The summed E-state index contributed by atoms with van der Waals surface area (Å²) in [5, 5.41) is 21.8. The third-order valence-electron chi connectivity index (χ3n) is 3.14. The highest BCUT2D eigenvalue weighted by Gasteiger charge is 2.14. The van der Waals surface area contributed by atoms with Crippen LogP contribution in [0.3, 0.4) is 0 Å². The Kier molecular flexibility index (Phi) is 4.88. The van der Waals surface area contributed by atoms with Crippen LogP contribution in [0.5, 0.6) is 0 Å². The molecule has 0 amide bonds. The van der Waals surface area contributed by atoms with Crippen LogP contribution in [0.15, 0.2) is 28.4 Å². The monoisotopic (exact) mass is 309 g/mol. The quantitative estimate of drug-likeness (QED) is 0.587. The van der Waals surface area contributed by atoms with Gasteiger partial charge < -0.3 is 5.32 Å². The van der Waals surface area contributed by atoms with Gasteiger partial charge >= 0.3 is 0 Å². The molecule has 1 heterocycles. The second-order valence-electron chi connectivity index (χ2n) is 4.67. The summed E-state index contributed by atoms with van der Waals surface area (Å²) >= 11 is 1.20. The highest BCUT2D eigenvalue weighted by Crippen LogP contribution is 2.41. The zero-order valence-electron chi connectivity index (χ0n) is 12.6. The van der Waals surface area contributed by atoms with E-state index in [2.05, 4.69) is 26.5 Å². The fraction of sp³-hybridized carbons (Fsp3) is 0.250. The van der Waals surface area contributed by atoms with Crippen LogP contribution in [0.2, 0.25) is 0 Å². The van der Waals surface area contributed by atoms with Gasteiger partial charge in [0, 0.05) is 12.2 Å². The molecule has 0 aliphatic rings. The first kappa shape index (κ1) is 15.7. The Bertz CT molecular complexity index is 805. The first-order valence-corrected chi connectivity index (χ1v) is 7.59. The molecule has 110 valence electrons. The maximum absolute atomic E-state index is 9.20. The average molecular weight is 309 g/mol. The number of anilines is 1. The minimum absolute atomic E-state index is 0.432. The lowest BCUT2D eigenvalue weighted by Crippen LogP contribution is -1.95. The lowest BCUT2D eigenvalue weighted by Gasteiger charge is -2.05. The van der Waals surface area contributed by atoms with Gasteiger partial charge in [-0.05, 0) is 50.1 Å². The Morgan fingerprint density at radius 2 is 2.14 bits per heavy atom. The number of thiophene rings is 1. The number of hydrogen-bond donors (Lipinski definition) is 1. The molecule has 0 radical (unpaired) electrons. The van der Waals surface area contributed by atoms with Crippen molar-refractivity contribution in [2.75, 3.05) is 11.9 Å². The minimum atomic E-state index is 0.432. The Labute approximate surface area is 133 Å². The molecule has 0 unspecified atom stereocenters. The standard InChI is InChI=1S/C16H15N5S/c1-5-19-12-6-7-14(10(2)8-12)20-21-16-13(9-17)11(3)15(18-4)22-16/h6-8,19H,5H2,1-3H3. The normalized spacial score (nSPS) is 10.4. The van der Waals surface area contributed by atoms with Gasteiger partial charge in [-0.25, -0.2) is 4.85 Å². The van der Waals surface area contributed by atoms with Crippen molar-refractivity contribution < 1.29 is 0 Å². The summed E-state index contributed by atoms with van der Waals surface area (Å²) in [6, 6.07) is 7.94.